The first-order valence-corrected chi connectivity index (χ1v) is 11.1. The average molecular weight is 448 g/mol. The van der Waals surface area contributed by atoms with Crippen LogP contribution in [-0.4, -0.2) is 59.0 Å². The van der Waals surface area contributed by atoms with Crippen LogP contribution in [0.3, 0.4) is 0 Å². The van der Waals surface area contributed by atoms with Gasteiger partial charge in [-0.2, -0.15) is 4.98 Å². The van der Waals surface area contributed by atoms with E-state index in [2.05, 4.69) is 9.97 Å². The van der Waals surface area contributed by atoms with E-state index in [9.17, 15) is 9.59 Å². The van der Waals surface area contributed by atoms with Crippen LogP contribution in [0.4, 0.5) is 4.79 Å². The van der Waals surface area contributed by atoms with Crippen molar-refractivity contribution in [2.75, 3.05) is 26.5 Å². The Labute approximate surface area is 187 Å². The Bertz CT molecular complexity index is 886. The summed E-state index contributed by atoms with van der Waals surface area (Å²) in [6.07, 6.45) is 2.14. The second kappa shape index (κ2) is 11.0. The lowest BCUT2D eigenvalue weighted by Gasteiger charge is -2.28. The molecule has 0 fully saturated rings. The first-order chi connectivity index (χ1) is 14.6. The lowest BCUT2D eigenvalue weighted by molar-refractivity contribution is 0.0218. The summed E-state index contributed by atoms with van der Waals surface area (Å²) < 4.78 is 16.7. The van der Waals surface area contributed by atoms with Crippen LogP contribution in [0, 0.1) is 0 Å². The Morgan fingerprint density at radius 2 is 1.87 bits per heavy atom. The molecule has 0 radical (unpaired) electrons. The maximum Gasteiger partial charge on any atom is 0.410 e. The molecule has 0 bridgehead atoms. The predicted octanol–water partition coefficient (Wildman–Crippen LogP) is 4.36. The van der Waals surface area contributed by atoms with Gasteiger partial charge in [0.05, 0.1) is 13.2 Å². The summed E-state index contributed by atoms with van der Waals surface area (Å²) in [7, 11) is 1.63. The minimum atomic E-state index is -0.620. The molecule has 0 aliphatic rings. The second-order valence-corrected chi connectivity index (χ2v) is 8.45. The monoisotopic (exact) mass is 447 g/mol. The third-order valence-electron chi connectivity index (χ3n) is 3.98. The minimum absolute atomic E-state index is 0.101. The van der Waals surface area contributed by atoms with Gasteiger partial charge in [0.15, 0.2) is 5.16 Å². The number of likely N-dealkylation sites (N-methyl/N-ethyl adjacent to an activating group) is 1. The Morgan fingerprint density at radius 1 is 1.19 bits per heavy atom. The van der Waals surface area contributed by atoms with Crippen LogP contribution in [0.5, 0.6) is 5.88 Å². The van der Waals surface area contributed by atoms with Crippen LogP contribution >= 0.6 is 11.8 Å². The lowest BCUT2D eigenvalue weighted by Crippen LogP contribution is -2.37. The first-order valence-electron chi connectivity index (χ1n) is 9.88. The molecule has 0 saturated heterocycles. The number of rotatable bonds is 8. The highest BCUT2D eigenvalue weighted by atomic mass is 32.2. The van der Waals surface area contributed by atoms with E-state index in [1.165, 1.54) is 22.9 Å². The van der Waals surface area contributed by atoms with Gasteiger partial charge >= 0.3 is 12.1 Å². The molecule has 1 atom stereocenters. The largest absolute Gasteiger partial charge is 0.467 e. The van der Waals surface area contributed by atoms with Crippen LogP contribution in [0.1, 0.15) is 49.7 Å². The number of nitrogens with zero attached hydrogens (tertiary/aromatic N) is 3. The van der Waals surface area contributed by atoms with Gasteiger partial charge in [-0.25, -0.2) is 14.6 Å². The molecule has 0 unspecified atom stereocenters. The van der Waals surface area contributed by atoms with E-state index in [0.29, 0.717) is 5.16 Å². The molecule has 1 amide bonds. The zero-order valence-electron chi connectivity index (χ0n) is 18.7. The first kappa shape index (κ1) is 24.5. The summed E-state index contributed by atoms with van der Waals surface area (Å²) >= 11 is 1.33. The van der Waals surface area contributed by atoms with Gasteiger partial charge in [-0.15, -0.1) is 0 Å². The van der Waals surface area contributed by atoms with Crippen LogP contribution < -0.4 is 4.74 Å². The number of carbonyl (C=O) groups is 2. The van der Waals surface area contributed by atoms with Gasteiger partial charge in [-0.3, -0.25) is 0 Å². The number of hydrogen-bond acceptors (Lipinski definition) is 8. The van der Waals surface area contributed by atoms with Crippen LogP contribution in [0.15, 0.2) is 41.7 Å². The molecular weight excluding hydrogens is 418 g/mol. The molecule has 0 spiro atoms. The molecule has 168 valence electrons. The summed E-state index contributed by atoms with van der Waals surface area (Å²) in [6.45, 7) is 7.53. The van der Waals surface area contributed by atoms with Crippen LogP contribution in [0.25, 0.3) is 0 Å². The summed E-state index contributed by atoms with van der Waals surface area (Å²) in [4.78, 5) is 34.8. The van der Waals surface area contributed by atoms with Crippen molar-refractivity contribution in [3.05, 3.63) is 47.7 Å². The summed E-state index contributed by atoms with van der Waals surface area (Å²) in [5.74, 6) is -0.471. The summed E-state index contributed by atoms with van der Waals surface area (Å²) in [6, 6.07) is 9.40. The molecular formula is C22H29N3O5S. The highest BCUT2D eigenvalue weighted by Gasteiger charge is 2.26. The van der Waals surface area contributed by atoms with Gasteiger partial charge in [0.25, 0.3) is 0 Å². The molecule has 1 aromatic heterocycles. The fraction of sp³-hybridized carbons (Fsp3) is 0.455. The number of aromatic nitrogens is 2. The zero-order valence-corrected chi connectivity index (χ0v) is 19.6. The van der Waals surface area contributed by atoms with E-state index in [-0.39, 0.29) is 24.6 Å². The van der Waals surface area contributed by atoms with E-state index in [0.717, 1.165) is 5.56 Å². The summed E-state index contributed by atoms with van der Waals surface area (Å²) in [5.41, 5.74) is 0.323. The molecule has 2 aromatic rings. The van der Waals surface area contributed by atoms with Gasteiger partial charge in [0.2, 0.25) is 5.88 Å². The molecule has 0 aliphatic carbocycles. The van der Waals surface area contributed by atoms with Crippen molar-refractivity contribution >= 4 is 23.8 Å². The van der Waals surface area contributed by atoms with Gasteiger partial charge < -0.3 is 19.1 Å². The van der Waals surface area contributed by atoms with Gasteiger partial charge in [-0.05, 0) is 39.5 Å². The van der Waals surface area contributed by atoms with Crippen molar-refractivity contribution in [3.63, 3.8) is 0 Å². The Balaban J connectivity index is 2.36. The van der Waals surface area contributed by atoms with E-state index in [4.69, 9.17) is 14.2 Å². The maximum atomic E-state index is 12.5. The average Bonchev–Trinajstić information content (AvgIpc) is 2.72. The number of carbonyl (C=O) groups excluding carboxylic acids is 2. The Kier molecular flexibility index (Phi) is 8.67. The van der Waals surface area contributed by atoms with Crippen LogP contribution in [0.2, 0.25) is 0 Å². The van der Waals surface area contributed by atoms with Crippen molar-refractivity contribution in [1.82, 2.24) is 14.9 Å². The number of benzene rings is 1. The van der Waals surface area contributed by atoms with E-state index < -0.39 is 23.8 Å². The SMILES string of the molecule is CCOC(=O)c1cnc(SC)nc1O[C@@H](CN(C)C(=O)OC(C)(C)C)c1ccccc1. The van der Waals surface area contributed by atoms with Gasteiger partial charge in [0.1, 0.15) is 17.3 Å². The number of hydrogen-bond donors (Lipinski definition) is 0. The molecule has 0 aliphatic heterocycles. The van der Waals surface area contributed by atoms with Crippen molar-refractivity contribution in [1.29, 1.82) is 0 Å². The molecule has 8 nitrogen and oxygen atoms in total. The molecule has 0 N–H and O–H groups in total. The number of amides is 1. The fourth-order valence-corrected chi connectivity index (χ4v) is 2.90. The smallest absolute Gasteiger partial charge is 0.410 e. The molecule has 1 heterocycles. The quantitative estimate of drug-likeness (QED) is 0.335. The standard InChI is InChI=1S/C22H29N3O5S/c1-7-28-19(26)16-13-23-20(31-6)24-18(16)29-17(15-11-9-8-10-12-15)14-25(5)21(27)30-22(2,3)4/h8-13,17H,7,14H2,1-6H3/t17-/m0/s1. The molecule has 0 saturated carbocycles. The zero-order chi connectivity index (χ0) is 23.0. The van der Waals surface area contributed by atoms with Crippen LogP contribution in [-0.2, 0) is 9.47 Å². The van der Waals surface area contributed by atoms with Gasteiger partial charge in [0, 0.05) is 13.2 Å². The summed E-state index contributed by atoms with van der Waals surface area (Å²) in [5, 5.41) is 0.454. The lowest BCUT2D eigenvalue weighted by atomic mass is 10.1. The molecule has 1 aromatic carbocycles. The predicted molar refractivity (Wildman–Crippen MR) is 118 cm³/mol. The van der Waals surface area contributed by atoms with Crippen molar-refractivity contribution in [2.45, 2.75) is 44.6 Å². The second-order valence-electron chi connectivity index (χ2n) is 7.67. The molecule has 9 heteroatoms. The topological polar surface area (TPSA) is 90.9 Å². The van der Waals surface area contributed by atoms with E-state index >= 15 is 0 Å². The van der Waals surface area contributed by atoms with Crippen molar-refractivity contribution < 1.29 is 23.8 Å². The highest BCUT2D eigenvalue weighted by Crippen LogP contribution is 2.27. The van der Waals surface area contributed by atoms with E-state index in [1.807, 2.05) is 36.6 Å². The fourth-order valence-electron chi connectivity index (χ4n) is 2.56. The Hall–Kier alpha value is -2.81. The normalized spacial score (nSPS) is 12.1. The minimum Gasteiger partial charge on any atom is -0.467 e. The highest BCUT2D eigenvalue weighted by molar-refractivity contribution is 7.98. The molecule has 31 heavy (non-hydrogen) atoms. The number of esters is 1. The third-order valence-corrected chi connectivity index (χ3v) is 4.54. The molecule has 2 rings (SSSR count). The van der Waals surface area contributed by atoms with Crippen molar-refractivity contribution in [2.24, 2.45) is 0 Å². The van der Waals surface area contributed by atoms with Gasteiger partial charge in [-0.1, -0.05) is 42.1 Å². The Morgan fingerprint density at radius 3 is 2.45 bits per heavy atom. The van der Waals surface area contributed by atoms with E-state index in [1.54, 1.807) is 34.7 Å². The van der Waals surface area contributed by atoms with Crippen molar-refractivity contribution in [3.8, 4) is 5.88 Å². The number of thioether (sulfide) groups is 1. The third kappa shape index (κ3) is 7.43. The maximum absolute atomic E-state index is 12.5. The number of ether oxygens (including phenoxy) is 3.